The van der Waals surface area contributed by atoms with Crippen LogP contribution in [0.25, 0.3) is 0 Å². The molecule has 2 heterocycles. The van der Waals surface area contributed by atoms with Crippen molar-refractivity contribution in [3.05, 3.63) is 41.1 Å². The highest BCUT2D eigenvalue weighted by Crippen LogP contribution is 2.33. The average Bonchev–Trinajstić information content (AvgIpc) is 2.98. The summed E-state index contributed by atoms with van der Waals surface area (Å²) in [6.07, 6.45) is 9.80. The number of hydrogen-bond acceptors (Lipinski definition) is 2. The fourth-order valence-corrected chi connectivity index (χ4v) is 2.08. The quantitative estimate of drug-likeness (QED) is 0.794. The van der Waals surface area contributed by atoms with Crippen molar-refractivity contribution in [2.45, 2.75) is 38.9 Å². The van der Waals surface area contributed by atoms with E-state index in [1.807, 2.05) is 30.1 Å². The van der Waals surface area contributed by atoms with E-state index in [1.54, 1.807) is 10.8 Å². The molecule has 0 spiro atoms. The molecule has 90 valence electrons. The second-order valence-electron chi connectivity index (χ2n) is 4.58. The molecule has 5 nitrogen and oxygen atoms in total. The highest BCUT2D eigenvalue weighted by Gasteiger charge is 2.25. The van der Waals surface area contributed by atoms with Gasteiger partial charge in [0.2, 0.25) is 0 Å². The van der Waals surface area contributed by atoms with Gasteiger partial charge in [-0.2, -0.15) is 0 Å². The van der Waals surface area contributed by atoms with Crippen LogP contribution in [-0.2, 0) is 13.1 Å². The molecule has 1 fully saturated rings. The Kier molecular flexibility index (Phi) is 2.39. The molecule has 5 heteroatoms. The van der Waals surface area contributed by atoms with Crippen molar-refractivity contribution in [3.8, 4) is 0 Å². The highest BCUT2D eigenvalue weighted by molar-refractivity contribution is 4.92. The van der Waals surface area contributed by atoms with E-state index >= 15 is 0 Å². The van der Waals surface area contributed by atoms with Gasteiger partial charge in [0.25, 0.3) is 0 Å². The Hall–Kier alpha value is -1.78. The molecule has 3 rings (SSSR count). The zero-order valence-corrected chi connectivity index (χ0v) is 9.91. The minimum Gasteiger partial charge on any atom is -0.333 e. The van der Waals surface area contributed by atoms with Gasteiger partial charge in [0.15, 0.2) is 0 Å². The third-order valence-corrected chi connectivity index (χ3v) is 3.32. The minimum absolute atomic E-state index is 0.116. The van der Waals surface area contributed by atoms with Gasteiger partial charge in [0.05, 0.1) is 0 Å². The predicted octanol–water partition coefficient (Wildman–Crippen LogP) is 1.19. The zero-order chi connectivity index (χ0) is 11.8. The normalized spacial score (nSPS) is 15.4. The van der Waals surface area contributed by atoms with E-state index in [1.165, 1.54) is 0 Å². The van der Waals surface area contributed by atoms with Crippen LogP contribution in [0.2, 0.25) is 0 Å². The Morgan fingerprint density at radius 2 is 2.00 bits per heavy atom. The van der Waals surface area contributed by atoms with Gasteiger partial charge < -0.3 is 4.57 Å². The Labute approximate surface area is 99.3 Å². The molecule has 0 bridgehead atoms. The van der Waals surface area contributed by atoms with Crippen molar-refractivity contribution < 1.29 is 0 Å². The third kappa shape index (κ3) is 1.92. The SMILES string of the molecule is Cc1nccn1CCn1ccn(C2CC2)c1=O. The maximum Gasteiger partial charge on any atom is 0.328 e. The van der Waals surface area contributed by atoms with E-state index in [0.717, 1.165) is 25.2 Å². The van der Waals surface area contributed by atoms with Crippen LogP contribution in [0, 0.1) is 6.92 Å². The number of aryl methyl sites for hydroxylation is 3. The molecule has 0 atom stereocenters. The Bertz CT molecular complexity index is 573. The van der Waals surface area contributed by atoms with Crippen molar-refractivity contribution in [3.63, 3.8) is 0 Å². The lowest BCUT2D eigenvalue weighted by Gasteiger charge is -2.05. The largest absolute Gasteiger partial charge is 0.333 e. The third-order valence-electron chi connectivity index (χ3n) is 3.32. The van der Waals surface area contributed by atoms with Gasteiger partial charge in [0, 0.05) is 43.9 Å². The number of hydrogen-bond donors (Lipinski definition) is 0. The first-order valence-corrected chi connectivity index (χ1v) is 6.01. The van der Waals surface area contributed by atoms with Gasteiger partial charge in [-0.05, 0) is 19.8 Å². The number of aromatic nitrogens is 4. The molecule has 2 aromatic heterocycles. The van der Waals surface area contributed by atoms with E-state index in [2.05, 4.69) is 9.55 Å². The van der Waals surface area contributed by atoms with Gasteiger partial charge in [-0.15, -0.1) is 0 Å². The second kappa shape index (κ2) is 3.91. The van der Waals surface area contributed by atoms with E-state index in [0.29, 0.717) is 12.6 Å². The summed E-state index contributed by atoms with van der Waals surface area (Å²) in [6, 6.07) is 0.457. The lowest BCUT2D eigenvalue weighted by Crippen LogP contribution is -2.25. The maximum atomic E-state index is 12.0. The van der Waals surface area contributed by atoms with Gasteiger partial charge >= 0.3 is 5.69 Å². The Morgan fingerprint density at radius 1 is 1.24 bits per heavy atom. The first kappa shape index (κ1) is 10.4. The van der Waals surface area contributed by atoms with Gasteiger partial charge in [0.1, 0.15) is 5.82 Å². The molecular formula is C12H16N4O. The van der Waals surface area contributed by atoms with Crippen LogP contribution in [-0.4, -0.2) is 18.7 Å². The van der Waals surface area contributed by atoms with Crippen LogP contribution in [0.1, 0.15) is 24.7 Å². The Morgan fingerprint density at radius 3 is 2.65 bits per heavy atom. The Balaban J connectivity index is 1.73. The van der Waals surface area contributed by atoms with Gasteiger partial charge in [-0.25, -0.2) is 9.78 Å². The van der Waals surface area contributed by atoms with Crippen molar-refractivity contribution in [2.24, 2.45) is 0 Å². The van der Waals surface area contributed by atoms with Crippen LogP contribution >= 0.6 is 0 Å². The van der Waals surface area contributed by atoms with Crippen molar-refractivity contribution in [1.29, 1.82) is 0 Å². The van der Waals surface area contributed by atoms with E-state index in [-0.39, 0.29) is 5.69 Å². The molecule has 0 unspecified atom stereocenters. The minimum atomic E-state index is 0.116. The fourth-order valence-electron chi connectivity index (χ4n) is 2.08. The van der Waals surface area contributed by atoms with Gasteiger partial charge in [-0.1, -0.05) is 0 Å². The smallest absolute Gasteiger partial charge is 0.328 e. The summed E-state index contributed by atoms with van der Waals surface area (Å²) in [5.74, 6) is 0.986. The molecule has 1 aliphatic rings. The molecule has 2 aromatic rings. The topological polar surface area (TPSA) is 44.8 Å². The first-order chi connectivity index (χ1) is 8.25. The summed E-state index contributed by atoms with van der Waals surface area (Å²) in [5, 5.41) is 0. The van der Waals surface area contributed by atoms with Crippen molar-refractivity contribution >= 4 is 0 Å². The standard InChI is InChI=1S/C12H16N4O/c1-10-13-4-5-14(10)6-7-15-8-9-16(12(15)17)11-2-3-11/h4-5,8-9,11H,2-3,6-7H2,1H3. The van der Waals surface area contributed by atoms with Crippen LogP contribution in [0.3, 0.4) is 0 Å². The molecule has 0 saturated heterocycles. The van der Waals surface area contributed by atoms with Crippen LogP contribution in [0.4, 0.5) is 0 Å². The van der Waals surface area contributed by atoms with E-state index in [9.17, 15) is 4.79 Å². The maximum absolute atomic E-state index is 12.0. The number of nitrogens with zero attached hydrogens (tertiary/aromatic N) is 4. The molecule has 0 amide bonds. The molecule has 0 N–H and O–H groups in total. The molecule has 0 aliphatic heterocycles. The van der Waals surface area contributed by atoms with Crippen molar-refractivity contribution in [1.82, 2.24) is 18.7 Å². The summed E-state index contributed by atoms with van der Waals surface area (Å²) in [6.45, 7) is 3.47. The molecule has 1 saturated carbocycles. The number of rotatable bonds is 4. The second-order valence-corrected chi connectivity index (χ2v) is 4.58. The zero-order valence-electron chi connectivity index (χ0n) is 9.91. The van der Waals surface area contributed by atoms with Crippen molar-refractivity contribution in [2.75, 3.05) is 0 Å². The lowest BCUT2D eigenvalue weighted by molar-refractivity contribution is 0.542. The predicted molar refractivity (Wildman–Crippen MR) is 63.9 cm³/mol. The molecule has 0 aromatic carbocycles. The molecular weight excluding hydrogens is 216 g/mol. The van der Waals surface area contributed by atoms with Gasteiger partial charge in [-0.3, -0.25) is 9.13 Å². The van der Waals surface area contributed by atoms with Crippen LogP contribution in [0.5, 0.6) is 0 Å². The lowest BCUT2D eigenvalue weighted by atomic mass is 10.5. The summed E-state index contributed by atoms with van der Waals surface area (Å²) < 4.78 is 5.68. The van der Waals surface area contributed by atoms with Crippen LogP contribution < -0.4 is 5.69 Å². The fraction of sp³-hybridized carbons (Fsp3) is 0.500. The summed E-state index contributed by atoms with van der Waals surface area (Å²) in [4.78, 5) is 16.2. The van der Waals surface area contributed by atoms with E-state index < -0.39 is 0 Å². The molecule has 17 heavy (non-hydrogen) atoms. The average molecular weight is 232 g/mol. The first-order valence-electron chi connectivity index (χ1n) is 6.01. The van der Waals surface area contributed by atoms with Crippen LogP contribution in [0.15, 0.2) is 29.6 Å². The summed E-state index contributed by atoms with van der Waals surface area (Å²) in [7, 11) is 0. The summed E-state index contributed by atoms with van der Waals surface area (Å²) in [5.41, 5.74) is 0.116. The monoisotopic (exact) mass is 232 g/mol. The number of imidazole rings is 2. The highest BCUT2D eigenvalue weighted by atomic mass is 16.1. The summed E-state index contributed by atoms with van der Waals surface area (Å²) >= 11 is 0. The molecule has 1 aliphatic carbocycles. The van der Waals surface area contributed by atoms with E-state index in [4.69, 9.17) is 0 Å². The molecule has 0 radical (unpaired) electrons.